The summed E-state index contributed by atoms with van der Waals surface area (Å²) in [7, 11) is 0. The van der Waals surface area contributed by atoms with Crippen LogP contribution in [-0.4, -0.2) is 27.1 Å². The number of nitrogens with zero attached hydrogens (tertiary/aromatic N) is 3. The van der Waals surface area contributed by atoms with Crippen molar-refractivity contribution in [1.29, 1.82) is 0 Å². The molecule has 0 amide bonds. The monoisotopic (exact) mass is 226 g/mol. The number of aromatic nitrogens is 2. The van der Waals surface area contributed by atoms with Crippen molar-refractivity contribution < 1.29 is 0 Å². The number of anilines is 1. The fourth-order valence-electron chi connectivity index (χ4n) is 2.12. The fraction of sp³-hybridized carbons (Fsp3) is 0.800. The summed E-state index contributed by atoms with van der Waals surface area (Å²) >= 11 is 1.29. The molecule has 1 aliphatic rings. The van der Waals surface area contributed by atoms with Gasteiger partial charge in [-0.1, -0.05) is 11.4 Å². The van der Waals surface area contributed by atoms with Crippen LogP contribution in [0.3, 0.4) is 0 Å². The maximum absolute atomic E-state index is 5.80. The van der Waals surface area contributed by atoms with Gasteiger partial charge in [-0.05, 0) is 25.7 Å². The summed E-state index contributed by atoms with van der Waals surface area (Å²) in [5.41, 5.74) is 6.75. The lowest BCUT2D eigenvalue weighted by Crippen LogP contribution is -2.40. The molecule has 15 heavy (non-hydrogen) atoms. The molecule has 0 spiro atoms. The zero-order valence-corrected chi connectivity index (χ0v) is 10.1. The average Bonchev–Trinajstić information content (AvgIpc) is 2.58. The zero-order valence-electron chi connectivity index (χ0n) is 9.31. The fourth-order valence-corrected chi connectivity index (χ4v) is 2.56. The Bertz CT molecular complexity index is 325. The van der Waals surface area contributed by atoms with E-state index in [2.05, 4.69) is 28.3 Å². The van der Waals surface area contributed by atoms with Crippen LogP contribution in [0.4, 0.5) is 5.00 Å². The van der Waals surface area contributed by atoms with Crippen LogP contribution in [0.15, 0.2) is 0 Å². The third-order valence-corrected chi connectivity index (χ3v) is 3.78. The third-order valence-electron chi connectivity index (χ3n) is 3.18. The van der Waals surface area contributed by atoms with Gasteiger partial charge >= 0.3 is 0 Å². The zero-order chi connectivity index (χ0) is 10.8. The summed E-state index contributed by atoms with van der Waals surface area (Å²) in [4.78, 5) is 2.46. The summed E-state index contributed by atoms with van der Waals surface area (Å²) in [6.45, 7) is 6.59. The Morgan fingerprint density at radius 2 is 2.27 bits per heavy atom. The SMILES string of the molecule is CC1CCC(C)N(Cc2nnsc2N)C1. The molecule has 84 valence electrons. The summed E-state index contributed by atoms with van der Waals surface area (Å²) in [5, 5.41) is 4.84. The van der Waals surface area contributed by atoms with Crippen LogP contribution in [0.25, 0.3) is 0 Å². The second-order valence-corrected chi connectivity index (χ2v) is 5.33. The van der Waals surface area contributed by atoms with Crippen LogP contribution < -0.4 is 5.73 Å². The minimum absolute atomic E-state index is 0.641. The van der Waals surface area contributed by atoms with Gasteiger partial charge in [0.05, 0.1) is 0 Å². The number of nitrogen functional groups attached to an aromatic ring is 1. The minimum atomic E-state index is 0.641. The van der Waals surface area contributed by atoms with E-state index in [0.717, 1.165) is 29.7 Å². The Hall–Kier alpha value is -0.680. The van der Waals surface area contributed by atoms with Crippen molar-refractivity contribution >= 4 is 16.5 Å². The lowest BCUT2D eigenvalue weighted by molar-refractivity contribution is 0.116. The first kappa shape index (κ1) is 10.8. The van der Waals surface area contributed by atoms with E-state index in [1.807, 2.05) is 0 Å². The molecule has 0 aromatic carbocycles. The first-order valence-electron chi connectivity index (χ1n) is 5.47. The standard InChI is InChI=1S/C10H18N4S/c1-7-3-4-8(2)14(5-7)6-9-10(11)15-13-12-9/h7-8H,3-6,11H2,1-2H3. The molecule has 4 nitrogen and oxygen atoms in total. The largest absolute Gasteiger partial charge is 0.388 e. The second-order valence-electron chi connectivity index (χ2n) is 4.54. The molecule has 2 unspecified atom stereocenters. The molecular weight excluding hydrogens is 208 g/mol. The van der Waals surface area contributed by atoms with Gasteiger partial charge in [0.25, 0.3) is 0 Å². The smallest absolute Gasteiger partial charge is 0.132 e. The van der Waals surface area contributed by atoms with Crippen LogP contribution in [-0.2, 0) is 6.54 Å². The Kier molecular flexibility index (Phi) is 3.21. The quantitative estimate of drug-likeness (QED) is 0.834. The average molecular weight is 226 g/mol. The van der Waals surface area contributed by atoms with Crippen molar-refractivity contribution in [2.75, 3.05) is 12.3 Å². The van der Waals surface area contributed by atoms with Crippen molar-refractivity contribution in [2.45, 2.75) is 39.3 Å². The molecule has 1 aliphatic heterocycles. The van der Waals surface area contributed by atoms with Gasteiger partial charge in [0.15, 0.2) is 0 Å². The van der Waals surface area contributed by atoms with E-state index < -0.39 is 0 Å². The predicted octanol–water partition coefficient (Wildman–Crippen LogP) is 1.74. The van der Waals surface area contributed by atoms with Gasteiger partial charge in [-0.3, -0.25) is 4.90 Å². The summed E-state index contributed by atoms with van der Waals surface area (Å²) in [6.07, 6.45) is 2.61. The third kappa shape index (κ3) is 2.46. The molecule has 2 heterocycles. The van der Waals surface area contributed by atoms with Gasteiger partial charge in [0, 0.05) is 30.7 Å². The number of rotatable bonds is 2. The highest BCUT2D eigenvalue weighted by Gasteiger charge is 2.24. The van der Waals surface area contributed by atoms with Gasteiger partial charge in [-0.15, -0.1) is 5.10 Å². The molecular formula is C10H18N4S. The number of likely N-dealkylation sites (tertiary alicyclic amines) is 1. The molecule has 2 rings (SSSR count). The molecule has 0 aliphatic carbocycles. The van der Waals surface area contributed by atoms with Crippen LogP contribution >= 0.6 is 11.5 Å². The molecule has 2 atom stereocenters. The normalized spacial score (nSPS) is 28.1. The summed E-state index contributed by atoms with van der Waals surface area (Å²) in [6, 6.07) is 0.641. The molecule has 2 N–H and O–H groups in total. The second kappa shape index (κ2) is 4.45. The van der Waals surface area contributed by atoms with Crippen molar-refractivity contribution in [3.05, 3.63) is 5.69 Å². The van der Waals surface area contributed by atoms with Crippen LogP contribution in [0.2, 0.25) is 0 Å². The van der Waals surface area contributed by atoms with Crippen LogP contribution in [0.5, 0.6) is 0 Å². The highest BCUT2D eigenvalue weighted by Crippen LogP contribution is 2.24. The van der Waals surface area contributed by atoms with Crippen molar-refractivity contribution in [3.8, 4) is 0 Å². The Labute approximate surface area is 94.6 Å². The molecule has 0 saturated carbocycles. The lowest BCUT2D eigenvalue weighted by Gasteiger charge is -2.36. The minimum Gasteiger partial charge on any atom is -0.388 e. The number of hydrogen-bond acceptors (Lipinski definition) is 5. The van der Waals surface area contributed by atoms with E-state index in [1.165, 1.54) is 24.4 Å². The molecule has 1 aromatic rings. The number of hydrogen-bond donors (Lipinski definition) is 1. The lowest BCUT2D eigenvalue weighted by atomic mass is 9.95. The van der Waals surface area contributed by atoms with Crippen molar-refractivity contribution in [2.24, 2.45) is 5.92 Å². The van der Waals surface area contributed by atoms with Gasteiger partial charge in [0.2, 0.25) is 0 Å². The predicted molar refractivity (Wildman–Crippen MR) is 62.6 cm³/mol. The van der Waals surface area contributed by atoms with Gasteiger partial charge < -0.3 is 5.73 Å². The topological polar surface area (TPSA) is 55.0 Å². The molecule has 1 fully saturated rings. The highest BCUT2D eigenvalue weighted by atomic mass is 32.1. The number of nitrogens with two attached hydrogens (primary N) is 1. The van der Waals surface area contributed by atoms with Crippen LogP contribution in [0.1, 0.15) is 32.4 Å². The highest BCUT2D eigenvalue weighted by molar-refractivity contribution is 7.09. The van der Waals surface area contributed by atoms with E-state index >= 15 is 0 Å². The molecule has 0 radical (unpaired) electrons. The van der Waals surface area contributed by atoms with E-state index in [1.54, 1.807) is 0 Å². The Balaban J connectivity index is 2.01. The molecule has 5 heteroatoms. The van der Waals surface area contributed by atoms with E-state index in [0.29, 0.717) is 6.04 Å². The van der Waals surface area contributed by atoms with Gasteiger partial charge in [-0.25, -0.2) is 0 Å². The Morgan fingerprint density at radius 1 is 1.47 bits per heavy atom. The first-order valence-corrected chi connectivity index (χ1v) is 6.25. The number of piperidine rings is 1. The summed E-state index contributed by atoms with van der Waals surface area (Å²) in [5.74, 6) is 0.786. The van der Waals surface area contributed by atoms with E-state index in [9.17, 15) is 0 Å². The maximum atomic E-state index is 5.80. The Morgan fingerprint density at radius 3 is 2.93 bits per heavy atom. The maximum Gasteiger partial charge on any atom is 0.132 e. The molecule has 1 saturated heterocycles. The summed E-state index contributed by atoms with van der Waals surface area (Å²) < 4.78 is 3.87. The van der Waals surface area contributed by atoms with Gasteiger partial charge in [-0.2, -0.15) is 0 Å². The molecule has 1 aromatic heterocycles. The van der Waals surface area contributed by atoms with Gasteiger partial charge in [0.1, 0.15) is 10.7 Å². The first-order chi connectivity index (χ1) is 7.16. The molecule has 0 bridgehead atoms. The van der Waals surface area contributed by atoms with E-state index in [4.69, 9.17) is 5.73 Å². The van der Waals surface area contributed by atoms with E-state index in [-0.39, 0.29) is 0 Å². The van der Waals surface area contributed by atoms with Crippen molar-refractivity contribution in [3.63, 3.8) is 0 Å². The van der Waals surface area contributed by atoms with Crippen molar-refractivity contribution in [1.82, 2.24) is 14.5 Å². The van der Waals surface area contributed by atoms with Crippen LogP contribution in [0, 0.1) is 5.92 Å².